The molecular weight excluding hydrogens is 841 g/mol. The molecule has 1 saturated heterocycles. The highest BCUT2D eigenvalue weighted by Gasteiger charge is 2.78. The zero-order valence-corrected chi connectivity index (χ0v) is 37.6. The first-order chi connectivity index (χ1) is 30.6. The minimum absolute atomic E-state index is 0.00694. The van der Waals surface area contributed by atoms with Crippen molar-refractivity contribution in [3.63, 3.8) is 0 Å². The number of nitrogens with one attached hydrogen (secondary N) is 1. The number of Topliss-reactive ketones (excluding diaryl/α,β-unsaturated/α-hetero) is 1. The summed E-state index contributed by atoms with van der Waals surface area (Å²) in [5, 5.41) is 40.5. The second-order valence-corrected chi connectivity index (χ2v) is 18.4. The molecular formula is C49H56N2O14. The smallest absolute Gasteiger partial charge is 0.338 e. The van der Waals surface area contributed by atoms with Gasteiger partial charge in [0.1, 0.15) is 23.9 Å². The van der Waals surface area contributed by atoms with Gasteiger partial charge in [0, 0.05) is 57.5 Å². The maximum Gasteiger partial charge on any atom is 0.338 e. The molecule has 0 spiro atoms. The van der Waals surface area contributed by atoms with E-state index in [4.69, 9.17) is 23.7 Å². The van der Waals surface area contributed by atoms with Crippen molar-refractivity contribution in [3.8, 4) is 0 Å². The molecule has 2 saturated carbocycles. The van der Waals surface area contributed by atoms with Crippen LogP contribution in [0.1, 0.15) is 86.7 Å². The third kappa shape index (κ3) is 8.00. The van der Waals surface area contributed by atoms with E-state index in [2.05, 4.69) is 5.32 Å². The fourth-order valence-electron chi connectivity index (χ4n) is 10.5. The summed E-state index contributed by atoms with van der Waals surface area (Å²) in [5.74, 6) is -6.88. The van der Waals surface area contributed by atoms with Crippen molar-refractivity contribution in [1.82, 2.24) is 5.32 Å². The van der Waals surface area contributed by atoms with Gasteiger partial charge in [0.2, 0.25) is 0 Å². The van der Waals surface area contributed by atoms with Crippen molar-refractivity contribution in [2.24, 2.45) is 16.7 Å². The molecule has 16 nitrogen and oxygen atoms in total. The van der Waals surface area contributed by atoms with Gasteiger partial charge in [-0.15, -0.1) is 0 Å². The van der Waals surface area contributed by atoms with Crippen LogP contribution in [0.4, 0.5) is 5.69 Å². The summed E-state index contributed by atoms with van der Waals surface area (Å²) in [7, 11) is 3.64. The summed E-state index contributed by atoms with van der Waals surface area (Å²) < 4.78 is 30.5. The lowest BCUT2D eigenvalue weighted by Gasteiger charge is -2.67. The Balaban J connectivity index is 1.39. The first kappa shape index (κ1) is 47.0. The molecule has 3 aliphatic carbocycles. The summed E-state index contributed by atoms with van der Waals surface area (Å²) in [4.78, 5) is 85.9. The number of nitrogens with zero attached hydrogens (tertiary/aromatic N) is 1. The van der Waals surface area contributed by atoms with Crippen LogP contribution in [-0.4, -0.2) is 119 Å². The highest BCUT2D eigenvalue weighted by atomic mass is 16.6. The summed E-state index contributed by atoms with van der Waals surface area (Å²) in [6.07, 6.45) is -10.6. The number of carbonyl (C=O) groups excluding carboxylic acids is 6. The lowest BCUT2D eigenvalue weighted by Crippen LogP contribution is -2.82. The van der Waals surface area contributed by atoms with Gasteiger partial charge in [-0.05, 0) is 67.0 Å². The molecule has 2 bridgehead atoms. The number of rotatable bonds is 11. The van der Waals surface area contributed by atoms with Crippen molar-refractivity contribution < 1.29 is 67.8 Å². The monoisotopic (exact) mass is 896 g/mol. The normalized spacial score (nSPS) is 30.9. The Morgan fingerprint density at radius 1 is 0.846 bits per heavy atom. The fraction of sp³-hybridized carbons (Fsp3) is 0.469. The van der Waals surface area contributed by atoms with Gasteiger partial charge in [-0.25, -0.2) is 9.59 Å². The number of aliphatic hydroxyl groups is 3. The molecule has 1 heterocycles. The number of amides is 1. The lowest BCUT2D eigenvalue weighted by molar-refractivity contribution is -0.346. The largest absolute Gasteiger partial charge is 0.456 e. The number of aliphatic hydroxyl groups excluding tert-OH is 2. The van der Waals surface area contributed by atoms with E-state index in [1.165, 1.54) is 26.0 Å². The van der Waals surface area contributed by atoms with Crippen LogP contribution in [0.3, 0.4) is 0 Å². The maximum absolute atomic E-state index is 15.6. The van der Waals surface area contributed by atoms with Crippen LogP contribution in [0.25, 0.3) is 0 Å². The topological polar surface area (TPSA) is 225 Å². The van der Waals surface area contributed by atoms with E-state index in [9.17, 15) is 39.3 Å². The number of benzene rings is 3. The predicted octanol–water partition coefficient (Wildman–Crippen LogP) is 3.80. The average molecular weight is 897 g/mol. The Hall–Kier alpha value is -5.94. The van der Waals surface area contributed by atoms with E-state index in [0.29, 0.717) is 5.56 Å². The summed E-state index contributed by atoms with van der Waals surface area (Å²) in [6, 6.07) is 21.5. The van der Waals surface area contributed by atoms with Crippen LogP contribution in [0, 0.1) is 16.7 Å². The molecule has 1 aliphatic heterocycles. The molecule has 1 amide bonds. The highest BCUT2D eigenvalue weighted by molar-refractivity contribution is 5.96. The summed E-state index contributed by atoms with van der Waals surface area (Å²) in [5.41, 5.74) is -6.34. The zero-order chi connectivity index (χ0) is 47.4. The minimum Gasteiger partial charge on any atom is -0.456 e. The molecule has 11 atom stereocenters. The van der Waals surface area contributed by atoms with Crippen molar-refractivity contribution in [3.05, 3.63) is 113 Å². The number of esters is 4. The predicted molar refractivity (Wildman–Crippen MR) is 232 cm³/mol. The minimum atomic E-state index is -2.41. The molecule has 4 N–H and O–H groups in total. The van der Waals surface area contributed by atoms with Gasteiger partial charge in [-0.3, -0.25) is 19.2 Å². The number of carbonyl (C=O) groups is 6. The Morgan fingerprint density at radius 3 is 2.02 bits per heavy atom. The van der Waals surface area contributed by atoms with E-state index >= 15 is 4.79 Å². The number of ether oxygens (including phenoxy) is 5. The van der Waals surface area contributed by atoms with Crippen molar-refractivity contribution in [1.29, 1.82) is 0 Å². The van der Waals surface area contributed by atoms with E-state index in [1.54, 1.807) is 86.6 Å². The summed E-state index contributed by atoms with van der Waals surface area (Å²) in [6.45, 7) is 7.98. The molecule has 16 heteroatoms. The third-order valence-corrected chi connectivity index (χ3v) is 14.1. The van der Waals surface area contributed by atoms with E-state index in [1.807, 2.05) is 19.0 Å². The SMILES string of the molecule is CC(=O)OC1C(=O)[C@@]2(C)[C@H]([C@H](OC(=O)c3ccc(N(C)C)cc3)[C@]3(O)C[C@H](OC(=O)[C@H](O)[C@@H](NC(=O)c4ccccc4)c4ccccc4)C(C)=C1C3(C)C)[C@]1(OC(C)=O)CO[C@@H]1C[C@@H]2O. The quantitative estimate of drug-likeness (QED) is 0.122. The van der Waals surface area contributed by atoms with Crippen LogP contribution < -0.4 is 10.2 Å². The van der Waals surface area contributed by atoms with Crippen molar-refractivity contribution in [2.75, 3.05) is 25.6 Å². The standard InChI is InChI=1S/C49H56N2O14/c1-26-33(63-45(59)38(55)37(29-15-11-9-12-16-29)50-43(57)30-17-13-10-14-18-30)24-49(60)42(64-44(58)31-19-21-32(22-20-31)51(7)8)40-47(6,34(54)23-35-48(40,25-61-35)65-28(3)53)41(56)39(62-27(2)52)36(26)46(49,4)5/h9-22,33-35,37-40,42,54-55,60H,23-25H2,1-8H3,(H,50,57)/t33-,34-,35+,37-,38+,39?,40-,42-,47+,48-,49+/m0/s1. The molecule has 1 unspecified atom stereocenters. The fourth-order valence-corrected chi connectivity index (χ4v) is 10.5. The maximum atomic E-state index is 15.6. The molecule has 3 aromatic rings. The van der Waals surface area contributed by atoms with Gasteiger partial charge in [0.25, 0.3) is 5.91 Å². The van der Waals surface area contributed by atoms with Crippen LogP contribution in [0.2, 0.25) is 0 Å². The van der Waals surface area contributed by atoms with Crippen molar-refractivity contribution >= 4 is 41.3 Å². The molecule has 0 aromatic heterocycles. The zero-order valence-electron chi connectivity index (χ0n) is 37.6. The highest BCUT2D eigenvalue weighted by Crippen LogP contribution is 2.64. The van der Waals surface area contributed by atoms with E-state index < -0.39 is 113 Å². The van der Waals surface area contributed by atoms with E-state index in [-0.39, 0.29) is 35.3 Å². The molecule has 346 valence electrons. The van der Waals surface area contributed by atoms with Gasteiger partial charge >= 0.3 is 23.9 Å². The van der Waals surface area contributed by atoms with Crippen LogP contribution in [0.15, 0.2) is 96.1 Å². The molecule has 3 fully saturated rings. The van der Waals surface area contributed by atoms with E-state index in [0.717, 1.165) is 19.5 Å². The number of anilines is 1. The Kier molecular flexibility index (Phi) is 12.6. The van der Waals surface area contributed by atoms with Gasteiger partial charge in [0.05, 0.1) is 35.6 Å². The number of hydrogen-bond acceptors (Lipinski definition) is 15. The number of fused-ring (bicyclic) bond motifs is 5. The molecule has 65 heavy (non-hydrogen) atoms. The van der Waals surface area contributed by atoms with Crippen LogP contribution in [-0.2, 0) is 42.9 Å². The Bertz CT molecular complexity index is 2390. The third-order valence-electron chi connectivity index (χ3n) is 14.1. The van der Waals surface area contributed by atoms with Gasteiger partial charge in [-0.1, -0.05) is 62.4 Å². The lowest BCUT2D eigenvalue weighted by atomic mass is 9.44. The van der Waals surface area contributed by atoms with Gasteiger partial charge < -0.3 is 49.2 Å². The second-order valence-electron chi connectivity index (χ2n) is 18.4. The van der Waals surface area contributed by atoms with Gasteiger partial charge in [-0.2, -0.15) is 0 Å². The first-order valence-corrected chi connectivity index (χ1v) is 21.5. The second kappa shape index (κ2) is 17.5. The van der Waals surface area contributed by atoms with Crippen LogP contribution >= 0.6 is 0 Å². The molecule has 4 aliphatic rings. The van der Waals surface area contributed by atoms with Crippen LogP contribution in [0.5, 0.6) is 0 Å². The first-order valence-electron chi connectivity index (χ1n) is 21.5. The molecule has 0 radical (unpaired) electrons. The number of hydrogen-bond donors (Lipinski definition) is 4. The summed E-state index contributed by atoms with van der Waals surface area (Å²) >= 11 is 0. The molecule has 7 rings (SSSR count). The van der Waals surface area contributed by atoms with Crippen molar-refractivity contribution in [2.45, 2.75) is 108 Å². The average Bonchev–Trinajstić information content (AvgIpc) is 3.26. The molecule has 3 aromatic carbocycles. The number of ketones is 1. The van der Waals surface area contributed by atoms with Gasteiger partial charge in [0.15, 0.2) is 23.6 Å². The Morgan fingerprint density at radius 2 is 1.46 bits per heavy atom. The Labute approximate surface area is 376 Å².